The van der Waals surface area contributed by atoms with Gasteiger partial charge in [-0.2, -0.15) is 13.2 Å². The second kappa shape index (κ2) is 5.54. The molecule has 0 aliphatic carbocycles. The third kappa shape index (κ3) is 5.21. The summed E-state index contributed by atoms with van der Waals surface area (Å²) in [7, 11) is 0. The summed E-state index contributed by atoms with van der Waals surface area (Å²) in [5, 5.41) is 0. The van der Waals surface area contributed by atoms with Crippen LogP contribution in [0.25, 0.3) is 0 Å². The van der Waals surface area contributed by atoms with Crippen molar-refractivity contribution in [3.63, 3.8) is 0 Å². The molecule has 8 heteroatoms. The summed E-state index contributed by atoms with van der Waals surface area (Å²) in [6.07, 6.45) is -4.43. The van der Waals surface area contributed by atoms with E-state index in [1.165, 1.54) is 0 Å². The number of carbonyl (C=O) groups excluding carboxylic acids is 2. The first kappa shape index (κ1) is 13.7. The van der Waals surface area contributed by atoms with Gasteiger partial charge < -0.3 is 5.73 Å². The summed E-state index contributed by atoms with van der Waals surface area (Å²) in [5.41, 5.74) is 5.18. The predicted octanol–water partition coefficient (Wildman–Crippen LogP) is 0.677. The molecule has 0 heterocycles. The van der Waals surface area contributed by atoms with E-state index in [0.717, 1.165) is 0 Å². The summed E-state index contributed by atoms with van der Waals surface area (Å²) in [5.74, 6) is -3.81. The van der Waals surface area contributed by atoms with Gasteiger partial charge in [0.25, 0.3) is 0 Å². The largest absolute Gasteiger partial charge is 0.495 e. The van der Waals surface area contributed by atoms with E-state index in [0.29, 0.717) is 6.42 Å². The van der Waals surface area contributed by atoms with E-state index in [1.807, 2.05) is 0 Å². The van der Waals surface area contributed by atoms with Crippen molar-refractivity contribution in [2.45, 2.75) is 32.0 Å². The van der Waals surface area contributed by atoms with Gasteiger partial charge >= 0.3 is 18.1 Å². The van der Waals surface area contributed by atoms with Gasteiger partial charge in [0.05, 0.1) is 0 Å². The average Bonchev–Trinajstić information content (AvgIpc) is 2.12. The van der Waals surface area contributed by atoms with Gasteiger partial charge in [-0.1, -0.05) is 13.3 Å². The van der Waals surface area contributed by atoms with E-state index in [4.69, 9.17) is 5.73 Å². The first-order chi connectivity index (χ1) is 6.79. The maximum absolute atomic E-state index is 11.6. The molecule has 0 amide bonds. The van der Waals surface area contributed by atoms with Crippen LogP contribution in [-0.4, -0.2) is 24.2 Å². The van der Waals surface area contributed by atoms with Crippen molar-refractivity contribution in [1.29, 1.82) is 0 Å². The lowest BCUT2D eigenvalue weighted by atomic mass is 10.2. The summed E-state index contributed by atoms with van der Waals surface area (Å²) in [6.45, 7) is 1.72. The molecule has 0 spiro atoms. The molecular formula is C7H10F3NO4. The first-order valence-corrected chi connectivity index (χ1v) is 4.04. The Morgan fingerprint density at radius 3 is 2.27 bits per heavy atom. The molecule has 1 unspecified atom stereocenters. The molecule has 0 radical (unpaired) electrons. The van der Waals surface area contributed by atoms with Crippen LogP contribution in [0.2, 0.25) is 0 Å². The van der Waals surface area contributed by atoms with Crippen LogP contribution >= 0.6 is 0 Å². The minimum absolute atomic E-state index is 0.225. The van der Waals surface area contributed by atoms with Crippen molar-refractivity contribution >= 4 is 11.9 Å². The van der Waals surface area contributed by atoms with Crippen LogP contribution in [0.1, 0.15) is 19.8 Å². The molecule has 15 heavy (non-hydrogen) atoms. The van der Waals surface area contributed by atoms with E-state index >= 15 is 0 Å². The van der Waals surface area contributed by atoms with E-state index in [2.05, 4.69) is 9.78 Å². The first-order valence-electron chi connectivity index (χ1n) is 4.04. The molecule has 5 nitrogen and oxygen atoms in total. The standard InChI is InChI=1S/C7H10F3NO4/c1-2-3-4(11)5(12)14-15-6(13)7(8,9)10/h4H,2-3,11H2,1H3. The van der Waals surface area contributed by atoms with Crippen molar-refractivity contribution in [3.05, 3.63) is 0 Å². The molecular weight excluding hydrogens is 219 g/mol. The zero-order valence-electron chi connectivity index (χ0n) is 7.84. The van der Waals surface area contributed by atoms with Gasteiger partial charge in [0, 0.05) is 0 Å². The highest BCUT2D eigenvalue weighted by atomic mass is 19.4. The molecule has 0 aromatic heterocycles. The maximum atomic E-state index is 11.6. The van der Waals surface area contributed by atoms with Crippen LogP contribution in [0.4, 0.5) is 13.2 Å². The highest BCUT2D eigenvalue weighted by Crippen LogP contribution is 2.16. The lowest BCUT2D eigenvalue weighted by Crippen LogP contribution is -2.34. The molecule has 0 bridgehead atoms. The molecule has 0 aliphatic rings. The summed E-state index contributed by atoms with van der Waals surface area (Å²) in [4.78, 5) is 27.7. The summed E-state index contributed by atoms with van der Waals surface area (Å²) < 4.78 is 34.7. The van der Waals surface area contributed by atoms with E-state index in [9.17, 15) is 22.8 Å². The molecule has 2 N–H and O–H groups in total. The Hall–Kier alpha value is -1.31. The molecule has 0 saturated heterocycles. The van der Waals surface area contributed by atoms with Gasteiger partial charge in [0.1, 0.15) is 6.04 Å². The van der Waals surface area contributed by atoms with Crippen LogP contribution in [-0.2, 0) is 19.4 Å². The number of halogens is 3. The van der Waals surface area contributed by atoms with Gasteiger partial charge in [-0.25, -0.2) is 19.4 Å². The quantitative estimate of drug-likeness (QED) is 0.568. The molecule has 0 fully saturated rings. The van der Waals surface area contributed by atoms with Crippen LogP contribution in [0.3, 0.4) is 0 Å². The zero-order chi connectivity index (χ0) is 12.1. The summed E-state index contributed by atoms with van der Waals surface area (Å²) in [6, 6.07) is -1.10. The Balaban J connectivity index is 3.96. The van der Waals surface area contributed by atoms with Crippen LogP contribution in [0, 0.1) is 0 Å². The van der Waals surface area contributed by atoms with Gasteiger partial charge in [-0.15, -0.1) is 0 Å². The Labute approximate surface area is 83.2 Å². The highest BCUT2D eigenvalue weighted by Gasteiger charge is 2.43. The second-order valence-corrected chi connectivity index (χ2v) is 2.67. The van der Waals surface area contributed by atoms with E-state index in [-0.39, 0.29) is 6.42 Å². The number of hydrogen-bond donors (Lipinski definition) is 1. The fourth-order valence-corrected chi connectivity index (χ4v) is 0.617. The third-order valence-electron chi connectivity index (χ3n) is 1.33. The molecule has 0 rings (SSSR count). The molecule has 0 aromatic rings. The normalized spacial score (nSPS) is 13.1. The second-order valence-electron chi connectivity index (χ2n) is 2.67. The molecule has 1 atom stereocenters. The fourth-order valence-electron chi connectivity index (χ4n) is 0.617. The third-order valence-corrected chi connectivity index (χ3v) is 1.33. The number of nitrogens with two attached hydrogens (primary N) is 1. The molecule has 0 aromatic carbocycles. The number of rotatable bonds is 3. The lowest BCUT2D eigenvalue weighted by molar-refractivity contribution is -0.286. The SMILES string of the molecule is CCCC(N)C(=O)OOC(=O)C(F)(F)F. The molecule has 0 aliphatic heterocycles. The predicted molar refractivity (Wildman–Crippen MR) is 41.1 cm³/mol. The zero-order valence-corrected chi connectivity index (χ0v) is 7.84. The van der Waals surface area contributed by atoms with Crippen molar-refractivity contribution in [2.75, 3.05) is 0 Å². The Morgan fingerprint density at radius 1 is 1.33 bits per heavy atom. The Kier molecular flexibility index (Phi) is 5.06. The summed E-state index contributed by atoms with van der Waals surface area (Å²) >= 11 is 0. The van der Waals surface area contributed by atoms with Crippen LogP contribution < -0.4 is 5.73 Å². The fraction of sp³-hybridized carbons (Fsp3) is 0.714. The lowest BCUT2D eigenvalue weighted by Gasteiger charge is -2.08. The maximum Gasteiger partial charge on any atom is 0.495 e. The van der Waals surface area contributed by atoms with Crippen molar-refractivity contribution in [3.8, 4) is 0 Å². The van der Waals surface area contributed by atoms with Gasteiger partial charge in [-0.05, 0) is 6.42 Å². The van der Waals surface area contributed by atoms with Crippen LogP contribution in [0.5, 0.6) is 0 Å². The Bertz CT molecular complexity index is 241. The Morgan fingerprint density at radius 2 is 1.87 bits per heavy atom. The number of alkyl halides is 3. The monoisotopic (exact) mass is 229 g/mol. The topological polar surface area (TPSA) is 78.6 Å². The van der Waals surface area contributed by atoms with Gasteiger partial charge in [0.15, 0.2) is 0 Å². The smallest absolute Gasteiger partial charge is 0.318 e. The minimum atomic E-state index is -5.20. The van der Waals surface area contributed by atoms with Gasteiger partial charge in [-0.3, -0.25) is 0 Å². The average molecular weight is 229 g/mol. The van der Waals surface area contributed by atoms with Crippen molar-refractivity contribution in [1.82, 2.24) is 0 Å². The van der Waals surface area contributed by atoms with E-state index < -0.39 is 24.2 Å². The van der Waals surface area contributed by atoms with Gasteiger partial charge in [0.2, 0.25) is 0 Å². The molecule has 0 saturated carbocycles. The van der Waals surface area contributed by atoms with E-state index in [1.54, 1.807) is 6.92 Å². The van der Waals surface area contributed by atoms with Crippen molar-refractivity contribution in [2.24, 2.45) is 5.73 Å². The highest BCUT2D eigenvalue weighted by molar-refractivity contribution is 5.78. The minimum Gasteiger partial charge on any atom is -0.318 e. The van der Waals surface area contributed by atoms with Crippen molar-refractivity contribution < 1.29 is 32.5 Å². The molecule has 88 valence electrons. The number of hydrogen-bond acceptors (Lipinski definition) is 5. The number of carbonyl (C=O) groups is 2. The van der Waals surface area contributed by atoms with Crippen LogP contribution in [0.15, 0.2) is 0 Å².